The number of likely N-dealkylation sites (N-methyl/N-ethyl adjacent to an activating group) is 1. The second-order valence-corrected chi connectivity index (χ2v) is 20.2. The Hall–Kier alpha value is -2.03. The first-order valence-corrected chi connectivity index (χ1v) is 27.6. The second-order valence-electron chi connectivity index (χ2n) is 20.2. The molecule has 0 aromatic rings. The molecule has 0 aromatic carbocycles. The number of allylic oxidation sites excluding steroid dienone is 4. The Morgan fingerprint density at radius 3 is 1.66 bits per heavy atom. The van der Waals surface area contributed by atoms with E-state index in [1.165, 1.54) is 141 Å². The van der Waals surface area contributed by atoms with Gasteiger partial charge in [-0.1, -0.05) is 162 Å². The van der Waals surface area contributed by atoms with Crippen molar-refractivity contribution in [1.82, 2.24) is 10.2 Å². The molecule has 2 aliphatic rings. The summed E-state index contributed by atoms with van der Waals surface area (Å²) in [6.45, 7) is 17.7. The largest absolute Gasteiger partial charge is 0.446 e. The van der Waals surface area contributed by atoms with Gasteiger partial charge in [0.25, 0.3) is 0 Å². The third kappa shape index (κ3) is 44.2. The number of nitrogens with zero attached hydrogens (tertiary/aromatic N) is 1. The van der Waals surface area contributed by atoms with Gasteiger partial charge in [-0.15, -0.1) is 0 Å². The molecule has 0 heterocycles. The first-order chi connectivity index (χ1) is 31.4. The SMILES string of the molecule is CC1CC(OC(=O)NCCN(C)C)CC(C2CC2)C1.CCCCC/C=C\C/C=C\CCCCCCCC(=O)C(C)C.CCCCCCCCOC(CCC(C)=O)OCCCCCCCC. The first kappa shape index (κ1) is 63.0. The molecular formula is C57H108N2O6. The average molecular weight is 917 g/mol. The lowest BCUT2D eigenvalue weighted by molar-refractivity contribution is -0.150. The highest BCUT2D eigenvalue weighted by Gasteiger charge is 2.38. The number of carbonyl (C=O) groups is 3. The van der Waals surface area contributed by atoms with Crippen LogP contribution in [0.5, 0.6) is 0 Å². The molecule has 1 N–H and O–H groups in total. The summed E-state index contributed by atoms with van der Waals surface area (Å²) in [6, 6.07) is 0. The van der Waals surface area contributed by atoms with Gasteiger partial charge in [0.2, 0.25) is 0 Å². The Morgan fingerprint density at radius 2 is 1.14 bits per heavy atom. The highest BCUT2D eigenvalue weighted by molar-refractivity contribution is 5.80. The van der Waals surface area contributed by atoms with Crippen molar-refractivity contribution in [3.8, 4) is 0 Å². The van der Waals surface area contributed by atoms with Gasteiger partial charge < -0.3 is 29.2 Å². The molecule has 2 rings (SSSR count). The molecule has 0 bridgehead atoms. The Morgan fingerprint density at radius 1 is 0.631 bits per heavy atom. The zero-order chi connectivity index (χ0) is 48.2. The van der Waals surface area contributed by atoms with E-state index < -0.39 is 0 Å². The Balaban J connectivity index is 0.000000950. The smallest absolute Gasteiger partial charge is 0.407 e. The van der Waals surface area contributed by atoms with Crippen LogP contribution in [0.1, 0.15) is 248 Å². The lowest BCUT2D eigenvalue weighted by atomic mass is 9.78. The zero-order valence-corrected chi connectivity index (χ0v) is 44.4. The van der Waals surface area contributed by atoms with Gasteiger partial charge in [0.1, 0.15) is 17.7 Å². The lowest BCUT2D eigenvalue weighted by Gasteiger charge is -2.33. The Labute approximate surface area is 403 Å². The van der Waals surface area contributed by atoms with Gasteiger partial charge in [-0.2, -0.15) is 0 Å². The van der Waals surface area contributed by atoms with Crippen LogP contribution in [0, 0.1) is 23.7 Å². The van der Waals surface area contributed by atoms with Crippen molar-refractivity contribution < 1.29 is 28.6 Å². The third-order valence-electron chi connectivity index (χ3n) is 12.7. The van der Waals surface area contributed by atoms with E-state index in [0.29, 0.717) is 31.1 Å². The van der Waals surface area contributed by atoms with Crippen molar-refractivity contribution in [3.63, 3.8) is 0 Å². The number of hydrogen-bond donors (Lipinski definition) is 1. The van der Waals surface area contributed by atoms with E-state index in [1.54, 1.807) is 6.92 Å². The molecule has 8 heteroatoms. The van der Waals surface area contributed by atoms with Gasteiger partial charge in [0, 0.05) is 51.5 Å². The number of ketones is 2. The van der Waals surface area contributed by atoms with E-state index in [9.17, 15) is 14.4 Å². The number of amides is 1. The van der Waals surface area contributed by atoms with Gasteiger partial charge in [-0.3, -0.25) is 4.79 Å². The van der Waals surface area contributed by atoms with Crippen molar-refractivity contribution in [2.24, 2.45) is 23.7 Å². The summed E-state index contributed by atoms with van der Waals surface area (Å²) in [5, 5.41) is 2.83. The number of hydrogen-bond acceptors (Lipinski definition) is 7. The van der Waals surface area contributed by atoms with Crippen LogP contribution in [0.2, 0.25) is 0 Å². The van der Waals surface area contributed by atoms with Gasteiger partial charge >= 0.3 is 6.09 Å². The molecule has 3 atom stereocenters. The molecule has 8 nitrogen and oxygen atoms in total. The highest BCUT2D eigenvalue weighted by Crippen LogP contribution is 2.46. The maximum Gasteiger partial charge on any atom is 0.407 e. The van der Waals surface area contributed by atoms with Crippen molar-refractivity contribution in [3.05, 3.63) is 24.3 Å². The molecule has 0 radical (unpaired) electrons. The van der Waals surface area contributed by atoms with E-state index in [0.717, 1.165) is 76.5 Å². The van der Waals surface area contributed by atoms with Crippen LogP contribution in [-0.4, -0.2) is 75.4 Å². The number of Topliss-reactive ketones (excluding diaryl/α,β-unsaturated/α-hetero) is 2. The summed E-state index contributed by atoms with van der Waals surface area (Å²) in [6.07, 6.45) is 46.0. The predicted molar refractivity (Wildman–Crippen MR) is 278 cm³/mol. The molecule has 0 spiro atoms. The Kier molecular flexibility index (Phi) is 44.3. The first-order valence-electron chi connectivity index (χ1n) is 27.6. The van der Waals surface area contributed by atoms with E-state index >= 15 is 0 Å². The number of ether oxygens (including phenoxy) is 3. The summed E-state index contributed by atoms with van der Waals surface area (Å²) in [5.74, 6) is 3.26. The molecule has 382 valence electrons. The number of carbonyl (C=O) groups excluding carboxylic acids is 3. The average Bonchev–Trinajstić information content (AvgIpc) is 4.12. The standard InChI is InChI=1S/C21H42O3.C21H38O.C15H28N2O2/c1-4-6-8-10-12-14-18-23-21(17-16-20(3)22)24-19-15-13-11-9-7-5-2;1-4-5-6-7-8-9-10-11-12-13-14-15-16-17-18-19-21(22)20(2)3;1-11-8-13(12-4-5-12)10-14(9-11)19-15(18)16-6-7-17(2)3/h21H,4-19H2,1-3H3;8-9,11-12,20H,4-7,10,13-19H2,1-3H3;11-14H,4-10H2,1-3H3,(H,16,18)/b;9-8-,12-11-;. The quantitative estimate of drug-likeness (QED) is 0.0373. The van der Waals surface area contributed by atoms with Gasteiger partial charge in [0.15, 0.2) is 6.29 Å². The number of rotatable bonds is 39. The molecule has 0 saturated heterocycles. The Bertz CT molecular complexity index is 1130. The molecule has 0 aromatic heterocycles. The summed E-state index contributed by atoms with van der Waals surface area (Å²) in [4.78, 5) is 36.4. The van der Waals surface area contributed by atoms with Crippen molar-refractivity contribution in [1.29, 1.82) is 0 Å². The molecule has 65 heavy (non-hydrogen) atoms. The van der Waals surface area contributed by atoms with Crippen LogP contribution in [0.15, 0.2) is 24.3 Å². The summed E-state index contributed by atoms with van der Waals surface area (Å²) in [7, 11) is 3.99. The lowest BCUT2D eigenvalue weighted by Crippen LogP contribution is -2.37. The number of nitrogens with one attached hydrogen (secondary N) is 1. The van der Waals surface area contributed by atoms with Crippen molar-refractivity contribution in [2.45, 2.75) is 260 Å². The van der Waals surface area contributed by atoms with Gasteiger partial charge in [0.05, 0.1) is 0 Å². The van der Waals surface area contributed by atoms with Crippen LogP contribution >= 0.6 is 0 Å². The fourth-order valence-electron chi connectivity index (χ4n) is 8.34. The monoisotopic (exact) mass is 917 g/mol. The van der Waals surface area contributed by atoms with Crippen LogP contribution in [0.25, 0.3) is 0 Å². The van der Waals surface area contributed by atoms with Crippen LogP contribution in [-0.2, 0) is 23.8 Å². The highest BCUT2D eigenvalue weighted by atomic mass is 16.7. The fourth-order valence-corrected chi connectivity index (χ4v) is 8.34. The minimum absolute atomic E-state index is 0.133. The van der Waals surface area contributed by atoms with E-state index in [4.69, 9.17) is 14.2 Å². The van der Waals surface area contributed by atoms with Gasteiger partial charge in [-0.25, -0.2) is 4.79 Å². The molecule has 2 fully saturated rings. The molecular weight excluding hydrogens is 809 g/mol. The maximum atomic E-state index is 11.7. The zero-order valence-electron chi connectivity index (χ0n) is 44.4. The summed E-state index contributed by atoms with van der Waals surface area (Å²) < 4.78 is 17.3. The van der Waals surface area contributed by atoms with E-state index in [2.05, 4.69) is 57.3 Å². The third-order valence-corrected chi connectivity index (χ3v) is 12.7. The molecule has 1 amide bonds. The van der Waals surface area contributed by atoms with E-state index in [-0.39, 0.29) is 30.2 Å². The van der Waals surface area contributed by atoms with Gasteiger partial charge in [-0.05, 0) is 122 Å². The van der Waals surface area contributed by atoms with Crippen LogP contribution < -0.4 is 5.32 Å². The van der Waals surface area contributed by atoms with E-state index in [1.807, 2.05) is 32.8 Å². The summed E-state index contributed by atoms with van der Waals surface area (Å²) in [5.41, 5.74) is 0. The fraction of sp³-hybridized carbons (Fsp3) is 0.877. The summed E-state index contributed by atoms with van der Waals surface area (Å²) >= 11 is 0. The van der Waals surface area contributed by atoms with Crippen molar-refractivity contribution in [2.75, 3.05) is 40.4 Å². The predicted octanol–water partition coefficient (Wildman–Crippen LogP) is 15.9. The topological polar surface area (TPSA) is 94.2 Å². The minimum Gasteiger partial charge on any atom is -0.446 e. The van der Waals surface area contributed by atoms with Crippen LogP contribution in [0.4, 0.5) is 4.79 Å². The van der Waals surface area contributed by atoms with Crippen molar-refractivity contribution >= 4 is 17.7 Å². The molecule has 3 unspecified atom stereocenters. The molecule has 0 aliphatic heterocycles. The normalized spacial score (nSPS) is 17.4. The second kappa shape index (κ2) is 45.7. The molecule has 2 aliphatic carbocycles. The minimum atomic E-state index is -0.240. The van der Waals surface area contributed by atoms with Crippen LogP contribution in [0.3, 0.4) is 0 Å². The number of alkyl carbamates (subject to hydrolysis) is 1. The molecule has 2 saturated carbocycles. The number of unbranched alkanes of at least 4 members (excludes halogenated alkanes) is 18. The maximum absolute atomic E-state index is 11.7.